The largest absolute Gasteiger partial charge is 0.508 e. The van der Waals surface area contributed by atoms with Gasteiger partial charge < -0.3 is 15.3 Å². The van der Waals surface area contributed by atoms with Crippen molar-refractivity contribution in [2.45, 2.75) is 78.2 Å². The van der Waals surface area contributed by atoms with E-state index in [0.717, 1.165) is 23.1 Å². The molecule has 2 aromatic rings. The Labute approximate surface area is 239 Å². The van der Waals surface area contributed by atoms with Gasteiger partial charge in [-0.15, -0.1) is 0 Å². The van der Waals surface area contributed by atoms with E-state index in [0.29, 0.717) is 48.8 Å². The SMILES string of the molecule is CCc1cc(CCCc2ccc(C(C)=O)cc2)c(O)c2c1C[C@H]1C[C@H]3CC(C)=C(C(C)=O)C(=O)[C@@]3(O)C(O)=C1C2=O. The normalized spacial score (nSPS) is 23.7. The van der Waals surface area contributed by atoms with E-state index >= 15 is 0 Å². The van der Waals surface area contributed by atoms with Crippen molar-refractivity contribution in [3.05, 3.63) is 86.2 Å². The number of carbonyl (C=O) groups excluding carboxylic acids is 4. The van der Waals surface area contributed by atoms with Crippen LogP contribution in [0.2, 0.25) is 0 Å². The van der Waals surface area contributed by atoms with Gasteiger partial charge in [-0.05, 0) is 93.9 Å². The maximum absolute atomic E-state index is 14.0. The van der Waals surface area contributed by atoms with Crippen LogP contribution in [0.25, 0.3) is 0 Å². The number of ketones is 4. The third-order valence-electron chi connectivity index (χ3n) is 9.24. The van der Waals surface area contributed by atoms with Crippen LogP contribution in [0, 0.1) is 11.8 Å². The standard InChI is InChI=1S/C34H36O7/c1-5-21-14-23(8-6-7-20-9-11-22(12-10-20)18(3)35)30(37)29-26(21)16-24-15-25-13-17(2)27(19(4)36)32(39)34(25,41)33(40)28(24)31(29)38/h9-12,14,24-25,37,40-41H,5-8,13,15-16H2,1-4H3/t24-,25-,34-/m1/s1. The summed E-state index contributed by atoms with van der Waals surface area (Å²) in [6.45, 7) is 6.48. The molecule has 3 aliphatic rings. The minimum absolute atomic E-state index is 0.00927. The van der Waals surface area contributed by atoms with Crippen LogP contribution in [-0.2, 0) is 35.3 Å². The second-order valence-electron chi connectivity index (χ2n) is 11.8. The minimum Gasteiger partial charge on any atom is -0.508 e. The van der Waals surface area contributed by atoms with Gasteiger partial charge in [0.2, 0.25) is 5.78 Å². The van der Waals surface area contributed by atoms with Crippen molar-refractivity contribution >= 4 is 23.1 Å². The van der Waals surface area contributed by atoms with E-state index < -0.39 is 40.5 Å². The summed E-state index contributed by atoms with van der Waals surface area (Å²) in [6, 6.07) is 9.40. The van der Waals surface area contributed by atoms with Gasteiger partial charge in [-0.3, -0.25) is 19.2 Å². The molecule has 0 saturated heterocycles. The van der Waals surface area contributed by atoms with Crippen molar-refractivity contribution < 1.29 is 34.5 Å². The molecule has 41 heavy (non-hydrogen) atoms. The lowest BCUT2D eigenvalue weighted by molar-refractivity contribution is -0.143. The zero-order chi connectivity index (χ0) is 29.8. The lowest BCUT2D eigenvalue weighted by atomic mass is 9.59. The van der Waals surface area contributed by atoms with Crippen molar-refractivity contribution in [1.82, 2.24) is 0 Å². The van der Waals surface area contributed by atoms with Crippen LogP contribution < -0.4 is 0 Å². The van der Waals surface area contributed by atoms with Crippen LogP contribution in [0.5, 0.6) is 5.75 Å². The van der Waals surface area contributed by atoms with Gasteiger partial charge >= 0.3 is 0 Å². The Kier molecular flexibility index (Phi) is 7.36. The van der Waals surface area contributed by atoms with Crippen molar-refractivity contribution in [1.29, 1.82) is 0 Å². The number of aliphatic hydroxyl groups is 2. The summed E-state index contributed by atoms with van der Waals surface area (Å²) in [6.07, 6.45) is 3.58. The van der Waals surface area contributed by atoms with Crippen molar-refractivity contribution in [3.63, 3.8) is 0 Å². The lowest BCUT2D eigenvalue weighted by Crippen LogP contribution is -2.56. The van der Waals surface area contributed by atoms with E-state index in [4.69, 9.17) is 0 Å². The number of carbonyl (C=O) groups is 4. The van der Waals surface area contributed by atoms with E-state index in [1.54, 1.807) is 19.1 Å². The molecule has 0 aromatic heterocycles. The summed E-state index contributed by atoms with van der Waals surface area (Å²) in [4.78, 5) is 51.1. The number of fused-ring (bicyclic) bond motifs is 3. The number of phenolic OH excluding ortho intramolecular Hbond substituents is 1. The Bertz CT molecular complexity index is 1560. The summed E-state index contributed by atoms with van der Waals surface area (Å²) in [5.74, 6) is -3.77. The third-order valence-corrected chi connectivity index (χ3v) is 9.24. The highest BCUT2D eigenvalue weighted by atomic mass is 16.3. The summed E-state index contributed by atoms with van der Waals surface area (Å²) < 4.78 is 0. The summed E-state index contributed by atoms with van der Waals surface area (Å²) in [5, 5.41) is 34.3. The van der Waals surface area contributed by atoms with Gasteiger partial charge in [-0.25, -0.2) is 0 Å². The molecule has 0 amide bonds. The van der Waals surface area contributed by atoms with Crippen molar-refractivity contribution in [3.8, 4) is 5.75 Å². The van der Waals surface area contributed by atoms with E-state index in [1.165, 1.54) is 13.8 Å². The van der Waals surface area contributed by atoms with Gasteiger partial charge in [0.1, 0.15) is 11.5 Å². The van der Waals surface area contributed by atoms with E-state index in [2.05, 4.69) is 0 Å². The molecule has 0 heterocycles. The number of aliphatic hydroxyl groups excluding tert-OH is 1. The quantitative estimate of drug-likeness (QED) is 0.319. The molecule has 7 nitrogen and oxygen atoms in total. The number of allylic oxidation sites excluding steroid dienone is 2. The van der Waals surface area contributed by atoms with Gasteiger partial charge in [0.25, 0.3) is 0 Å². The molecule has 3 N–H and O–H groups in total. The van der Waals surface area contributed by atoms with Crippen molar-refractivity contribution in [2.24, 2.45) is 11.8 Å². The second-order valence-corrected chi connectivity index (χ2v) is 11.8. The second kappa shape index (κ2) is 10.5. The third kappa shape index (κ3) is 4.56. The zero-order valence-electron chi connectivity index (χ0n) is 24.0. The predicted molar refractivity (Wildman–Crippen MR) is 153 cm³/mol. The first-order chi connectivity index (χ1) is 19.4. The highest BCUT2D eigenvalue weighted by Crippen LogP contribution is 2.52. The highest BCUT2D eigenvalue weighted by Gasteiger charge is 2.58. The van der Waals surface area contributed by atoms with Crippen LogP contribution in [0.4, 0.5) is 0 Å². The summed E-state index contributed by atoms with van der Waals surface area (Å²) in [5.41, 5.74) is 2.29. The molecule has 7 heteroatoms. The Hall–Kier alpha value is -3.84. The van der Waals surface area contributed by atoms with E-state index in [1.807, 2.05) is 25.1 Å². The molecule has 3 aliphatic carbocycles. The Morgan fingerprint density at radius 3 is 2.27 bits per heavy atom. The average molecular weight is 557 g/mol. The first-order valence-electron chi connectivity index (χ1n) is 14.3. The molecule has 214 valence electrons. The Morgan fingerprint density at radius 2 is 1.66 bits per heavy atom. The zero-order valence-corrected chi connectivity index (χ0v) is 24.0. The first kappa shape index (κ1) is 28.7. The molecule has 0 radical (unpaired) electrons. The topological polar surface area (TPSA) is 129 Å². The smallest absolute Gasteiger partial charge is 0.205 e. The molecular formula is C34H36O7. The van der Waals surface area contributed by atoms with Gasteiger partial charge in [0.05, 0.1) is 11.1 Å². The van der Waals surface area contributed by atoms with Crippen LogP contribution in [-0.4, -0.2) is 44.1 Å². The van der Waals surface area contributed by atoms with Gasteiger partial charge in [-0.1, -0.05) is 42.8 Å². The molecule has 0 fully saturated rings. The Balaban J connectivity index is 1.49. The number of Topliss-reactive ketones (excluding diaryl/α,β-unsaturated/α-hetero) is 4. The number of benzene rings is 2. The van der Waals surface area contributed by atoms with Gasteiger partial charge in [-0.2, -0.15) is 0 Å². The van der Waals surface area contributed by atoms with Gasteiger partial charge in [0.15, 0.2) is 23.0 Å². The molecule has 0 spiro atoms. The fourth-order valence-corrected chi connectivity index (χ4v) is 7.13. The molecule has 5 rings (SSSR count). The molecule has 0 bridgehead atoms. The number of phenols is 1. The fraction of sp³-hybridized carbons (Fsp3) is 0.412. The maximum Gasteiger partial charge on any atom is 0.205 e. The van der Waals surface area contributed by atoms with Gasteiger partial charge in [0, 0.05) is 17.1 Å². The molecule has 0 saturated carbocycles. The predicted octanol–water partition coefficient (Wildman–Crippen LogP) is 5.13. The number of hydrogen-bond acceptors (Lipinski definition) is 7. The number of aryl methyl sites for hydroxylation is 3. The number of hydrogen-bond donors (Lipinski definition) is 3. The monoisotopic (exact) mass is 556 g/mol. The van der Waals surface area contributed by atoms with E-state index in [9.17, 15) is 34.5 Å². The molecule has 3 atom stereocenters. The molecule has 0 unspecified atom stereocenters. The number of aromatic hydroxyl groups is 1. The Morgan fingerprint density at radius 1 is 0.976 bits per heavy atom. The molecule has 0 aliphatic heterocycles. The molecule has 2 aromatic carbocycles. The maximum atomic E-state index is 14.0. The fourth-order valence-electron chi connectivity index (χ4n) is 7.13. The van der Waals surface area contributed by atoms with Crippen LogP contribution in [0.1, 0.15) is 89.9 Å². The number of rotatable bonds is 7. The van der Waals surface area contributed by atoms with Crippen molar-refractivity contribution in [2.75, 3.05) is 0 Å². The van der Waals surface area contributed by atoms with E-state index in [-0.39, 0.29) is 34.7 Å². The van der Waals surface area contributed by atoms with Crippen LogP contribution in [0.15, 0.2) is 52.8 Å². The highest BCUT2D eigenvalue weighted by molar-refractivity contribution is 6.25. The lowest BCUT2D eigenvalue weighted by Gasteiger charge is -2.46. The van der Waals surface area contributed by atoms with Crippen LogP contribution >= 0.6 is 0 Å². The summed E-state index contributed by atoms with van der Waals surface area (Å²) in [7, 11) is 0. The summed E-state index contributed by atoms with van der Waals surface area (Å²) >= 11 is 0. The first-order valence-corrected chi connectivity index (χ1v) is 14.3. The average Bonchev–Trinajstić information content (AvgIpc) is 2.92. The minimum atomic E-state index is -2.34. The molecular weight excluding hydrogens is 520 g/mol. The van der Waals surface area contributed by atoms with Crippen LogP contribution in [0.3, 0.4) is 0 Å².